The van der Waals surface area contributed by atoms with E-state index in [0.717, 1.165) is 38.1 Å². The Kier molecular flexibility index (Phi) is 8.23. The number of hydroxylamine groups is 1. The number of hydrogen-bond donors (Lipinski definition) is 1. The molecule has 3 heteroatoms. The molecule has 1 aliphatic rings. The zero-order valence-corrected chi connectivity index (χ0v) is 16.3. The van der Waals surface area contributed by atoms with Gasteiger partial charge in [-0.1, -0.05) is 36.4 Å². The van der Waals surface area contributed by atoms with E-state index in [1.807, 2.05) is 0 Å². The molecule has 0 heterocycles. The van der Waals surface area contributed by atoms with Crippen molar-refractivity contribution in [3.8, 4) is 0 Å². The molecule has 0 amide bonds. The van der Waals surface area contributed by atoms with E-state index in [-0.39, 0.29) is 0 Å². The minimum Gasteiger partial charge on any atom is -0.298 e. The summed E-state index contributed by atoms with van der Waals surface area (Å²) in [6, 6.07) is 11.7. The van der Waals surface area contributed by atoms with E-state index < -0.39 is 0 Å². The molecule has 0 atom stereocenters. The molecule has 138 valence electrons. The first-order valence-corrected chi connectivity index (χ1v) is 9.67. The van der Waals surface area contributed by atoms with Gasteiger partial charge < -0.3 is 0 Å². The van der Waals surface area contributed by atoms with Gasteiger partial charge in [-0.2, -0.15) is 0 Å². The molecule has 0 fully saturated rings. The van der Waals surface area contributed by atoms with Gasteiger partial charge in [0.25, 0.3) is 0 Å². The molecule has 0 radical (unpaired) electrons. The van der Waals surface area contributed by atoms with Crippen molar-refractivity contribution in [2.45, 2.75) is 65.5 Å². The maximum absolute atomic E-state index is 5.77. The molecule has 0 spiro atoms. The third-order valence-corrected chi connectivity index (χ3v) is 4.66. The highest BCUT2D eigenvalue weighted by Crippen LogP contribution is 2.24. The van der Waals surface area contributed by atoms with Crippen LogP contribution in [0.5, 0.6) is 0 Å². The second kappa shape index (κ2) is 10.4. The van der Waals surface area contributed by atoms with Crippen LogP contribution in [0.15, 0.2) is 47.7 Å². The van der Waals surface area contributed by atoms with Crippen molar-refractivity contribution >= 4 is 6.08 Å². The van der Waals surface area contributed by atoms with Crippen LogP contribution in [0.2, 0.25) is 0 Å². The summed E-state index contributed by atoms with van der Waals surface area (Å²) in [5.41, 5.74) is 6.92. The molecule has 1 aromatic rings. The van der Waals surface area contributed by atoms with Crippen LogP contribution in [0.25, 0.3) is 6.08 Å². The maximum atomic E-state index is 5.77. The second-order valence-corrected chi connectivity index (χ2v) is 7.32. The van der Waals surface area contributed by atoms with Crippen molar-refractivity contribution in [3.63, 3.8) is 0 Å². The lowest BCUT2D eigenvalue weighted by molar-refractivity contribution is 0.0506. The van der Waals surface area contributed by atoms with Gasteiger partial charge in [0.05, 0.1) is 12.3 Å². The molecule has 0 aliphatic heterocycles. The molecular weight excluding hydrogens is 308 g/mol. The summed E-state index contributed by atoms with van der Waals surface area (Å²) >= 11 is 0. The molecule has 0 saturated carbocycles. The molecular formula is C22H34N2O. The highest BCUT2D eigenvalue weighted by atomic mass is 16.6. The first-order valence-electron chi connectivity index (χ1n) is 9.67. The summed E-state index contributed by atoms with van der Waals surface area (Å²) in [4.78, 5) is 8.27. The van der Waals surface area contributed by atoms with E-state index in [0.29, 0.717) is 12.1 Å². The fraction of sp³-hybridized carbons (Fsp3) is 0.545. The Bertz CT molecular complexity index is 553. The van der Waals surface area contributed by atoms with Crippen LogP contribution in [0.1, 0.15) is 58.9 Å². The van der Waals surface area contributed by atoms with Crippen LogP contribution in [0.3, 0.4) is 0 Å². The summed E-state index contributed by atoms with van der Waals surface area (Å²) < 4.78 is 0. The lowest BCUT2D eigenvalue weighted by Crippen LogP contribution is -2.38. The lowest BCUT2D eigenvalue weighted by atomic mass is 9.97. The molecule has 2 rings (SSSR count). The van der Waals surface area contributed by atoms with E-state index in [2.05, 4.69) is 80.6 Å². The van der Waals surface area contributed by atoms with Gasteiger partial charge in [0, 0.05) is 18.6 Å². The van der Waals surface area contributed by atoms with Crippen molar-refractivity contribution in [1.82, 2.24) is 10.4 Å². The van der Waals surface area contributed by atoms with E-state index in [1.165, 1.54) is 17.6 Å². The van der Waals surface area contributed by atoms with Gasteiger partial charge in [-0.15, -0.1) is 0 Å². The molecule has 3 nitrogen and oxygen atoms in total. The van der Waals surface area contributed by atoms with Crippen molar-refractivity contribution < 1.29 is 4.84 Å². The Morgan fingerprint density at radius 2 is 1.84 bits per heavy atom. The van der Waals surface area contributed by atoms with Crippen LogP contribution in [-0.4, -0.2) is 30.1 Å². The molecule has 0 bridgehead atoms. The number of allylic oxidation sites excluding steroid dienone is 2. The smallest absolute Gasteiger partial charge is 0.0758 e. The monoisotopic (exact) mass is 342 g/mol. The van der Waals surface area contributed by atoms with Crippen molar-refractivity contribution in [3.05, 3.63) is 53.2 Å². The predicted molar refractivity (Wildman–Crippen MR) is 107 cm³/mol. The minimum atomic E-state index is 0.578. The first kappa shape index (κ1) is 19.7. The normalized spacial score (nSPS) is 16.8. The Morgan fingerprint density at radius 3 is 2.52 bits per heavy atom. The Balaban J connectivity index is 1.81. The zero-order chi connectivity index (χ0) is 18.1. The average Bonchev–Trinajstić information content (AvgIpc) is 2.59. The Labute approximate surface area is 153 Å². The highest BCUT2D eigenvalue weighted by molar-refractivity contribution is 5.58. The van der Waals surface area contributed by atoms with Crippen LogP contribution < -0.4 is 5.48 Å². The molecule has 0 unspecified atom stereocenters. The topological polar surface area (TPSA) is 24.5 Å². The van der Waals surface area contributed by atoms with Gasteiger partial charge in [-0.25, -0.2) is 0 Å². The average molecular weight is 343 g/mol. The van der Waals surface area contributed by atoms with Crippen LogP contribution in [-0.2, 0) is 4.84 Å². The summed E-state index contributed by atoms with van der Waals surface area (Å²) in [5, 5.41) is 0. The summed E-state index contributed by atoms with van der Waals surface area (Å²) in [5.74, 6) is 0. The van der Waals surface area contributed by atoms with E-state index in [1.54, 1.807) is 0 Å². The van der Waals surface area contributed by atoms with Crippen molar-refractivity contribution in [2.24, 2.45) is 0 Å². The van der Waals surface area contributed by atoms with Crippen LogP contribution >= 0.6 is 0 Å². The van der Waals surface area contributed by atoms with Gasteiger partial charge >= 0.3 is 0 Å². The van der Waals surface area contributed by atoms with E-state index in [9.17, 15) is 0 Å². The summed E-state index contributed by atoms with van der Waals surface area (Å²) in [6.07, 6.45) is 8.99. The Morgan fingerprint density at radius 1 is 1.12 bits per heavy atom. The lowest BCUT2D eigenvalue weighted by Gasteiger charge is -2.30. The first-order chi connectivity index (χ1) is 12.1. The van der Waals surface area contributed by atoms with Gasteiger partial charge in [0.1, 0.15) is 0 Å². The molecule has 0 saturated heterocycles. The zero-order valence-electron chi connectivity index (χ0n) is 16.3. The van der Waals surface area contributed by atoms with Gasteiger partial charge in [-0.3, -0.25) is 15.2 Å². The molecule has 0 aromatic heterocycles. The number of hydrogen-bond acceptors (Lipinski definition) is 3. The minimum absolute atomic E-state index is 0.578. The van der Waals surface area contributed by atoms with Crippen molar-refractivity contribution in [2.75, 3.05) is 13.2 Å². The molecule has 1 aliphatic carbocycles. The number of benzene rings is 1. The largest absolute Gasteiger partial charge is 0.298 e. The highest BCUT2D eigenvalue weighted by Gasteiger charge is 2.13. The number of rotatable bonds is 9. The summed E-state index contributed by atoms with van der Waals surface area (Å²) in [7, 11) is 0. The standard InChI is InChI=1S/C22H34N2O/c1-18(2)24(19(3)4)15-10-16-25-23-22-14-9-8-13-21(22)17-20-11-6-5-7-12-20/h5-7,11-12,14,17-19,23H,8-10,13,15-16H2,1-4H3. The molecule has 1 N–H and O–H groups in total. The number of nitrogens with zero attached hydrogens (tertiary/aromatic N) is 1. The Hall–Kier alpha value is -1.58. The SMILES string of the molecule is CC(C)N(CCCONC1=CCCCC1=Cc1ccccc1)C(C)C. The third kappa shape index (κ3) is 6.68. The quantitative estimate of drug-likeness (QED) is 0.495. The van der Waals surface area contributed by atoms with Crippen molar-refractivity contribution in [1.29, 1.82) is 0 Å². The van der Waals surface area contributed by atoms with E-state index >= 15 is 0 Å². The third-order valence-electron chi connectivity index (χ3n) is 4.66. The number of nitrogens with one attached hydrogen (secondary N) is 1. The fourth-order valence-corrected chi connectivity index (χ4v) is 3.37. The second-order valence-electron chi connectivity index (χ2n) is 7.32. The summed E-state index contributed by atoms with van der Waals surface area (Å²) in [6.45, 7) is 10.8. The van der Waals surface area contributed by atoms with Gasteiger partial charge in [0.15, 0.2) is 0 Å². The predicted octanol–water partition coefficient (Wildman–Crippen LogP) is 5.17. The van der Waals surface area contributed by atoms with Crippen LogP contribution in [0.4, 0.5) is 0 Å². The van der Waals surface area contributed by atoms with E-state index in [4.69, 9.17) is 4.84 Å². The van der Waals surface area contributed by atoms with Gasteiger partial charge in [0.2, 0.25) is 0 Å². The van der Waals surface area contributed by atoms with Crippen LogP contribution in [0, 0.1) is 0 Å². The molecule has 25 heavy (non-hydrogen) atoms. The maximum Gasteiger partial charge on any atom is 0.0758 e. The van der Waals surface area contributed by atoms with Gasteiger partial charge in [-0.05, 0) is 70.6 Å². The fourth-order valence-electron chi connectivity index (χ4n) is 3.37. The molecule has 1 aromatic carbocycles.